The van der Waals surface area contributed by atoms with E-state index in [2.05, 4.69) is 26.1 Å². The summed E-state index contributed by atoms with van der Waals surface area (Å²) in [5.74, 6) is 0.775. The van der Waals surface area contributed by atoms with Crippen molar-refractivity contribution < 1.29 is 9.53 Å². The van der Waals surface area contributed by atoms with E-state index in [4.69, 9.17) is 4.74 Å². The number of rotatable bonds is 10. The highest BCUT2D eigenvalue weighted by atomic mass is 16.6. The molecule has 1 amide bonds. The predicted molar refractivity (Wildman–Crippen MR) is 96.7 cm³/mol. The van der Waals surface area contributed by atoms with Gasteiger partial charge in [-0.2, -0.15) is 0 Å². The molecule has 4 nitrogen and oxygen atoms in total. The Morgan fingerprint density at radius 3 is 2.39 bits per heavy atom. The molecule has 1 aliphatic carbocycles. The molecule has 0 spiro atoms. The third kappa shape index (κ3) is 8.59. The maximum Gasteiger partial charge on any atom is 0.410 e. The van der Waals surface area contributed by atoms with Crippen LogP contribution in [0.25, 0.3) is 0 Å². The summed E-state index contributed by atoms with van der Waals surface area (Å²) >= 11 is 0. The third-order valence-corrected chi connectivity index (χ3v) is 4.50. The smallest absolute Gasteiger partial charge is 0.410 e. The number of hydrogen-bond donors (Lipinski definition) is 1. The van der Waals surface area contributed by atoms with Gasteiger partial charge in [0.15, 0.2) is 0 Å². The molecular formula is C19H38N2O2. The first-order valence-electron chi connectivity index (χ1n) is 9.49. The summed E-state index contributed by atoms with van der Waals surface area (Å²) in [5, 5.41) is 3.66. The third-order valence-electron chi connectivity index (χ3n) is 4.50. The summed E-state index contributed by atoms with van der Waals surface area (Å²) in [5.41, 5.74) is -0.411. The highest BCUT2D eigenvalue weighted by Gasteiger charge is 2.34. The van der Waals surface area contributed by atoms with Crippen LogP contribution in [0, 0.1) is 5.92 Å². The van der Waals surface area contributed by atoms with E-state index < -0.39 is 5.60 Å². The van der Waals surface area contributed by atoms with Crippen LogP contribution in [0.3, 0.4) is 0 Å². The summed E-state index contributed by atoms with van der Waals surface area (Å²) in [6.45, 7) is 14.4. The van der Waals surface area contributed by atoms with Gasteiger partial charge in [0, 0.05) is 18.6 Å². The van der Waals surface area contributed by atoms with Gasteiger partial charge in [-0.05, 0) is 65.3 Å². The zero-order valence-corrected chi connectivity index (χ0v) is 16.2. The number of nitrogens with zero attached hydrogens (tertiary/aromatic N) is 1. The Labute approximate surface area is 143 Å². The van der Waals surface area contributed by atoms with Crippen molar-refractivity contribution in [3.05, 3.63) is 0 Å². The lowest BCUT2D eigenvalue weighted by molar-refractivity contribution is 0.0231. The van der Waals surface area contributed by atoms with Gasteiger partial charge < -0.3 is 15.0 Å². The molecule has 1 rings (SSSR count). The van der Waals surface area contributed by atoms with Crippen molar-refractivity contribution in [1.82, 2.24) is 10.2 Å². The lowest BCUT2D eigenvalue weighted by atomic mass is 9.98. The standard InChI is InChI=1S/C19H38N2O2/c1-7-15(3)14-16(8-2)20-12-9-13-21(17-10-11-17)18(22)23-19(4,5)6/h15-17,20H,7-14H2,1-6H3. The van der Waals surface area contributed by atoms with Crippen LogP contribution in [0.1, 0.15) is 80.1 Å². The van der Waals surface area contributed by atoms with Crippen molar-refractivity contribution in [3.63, 3.8) is 0 Å². The molecule has 0 bridgehead atoms. The highest BCUT2D eigenvalue weighted by molar-refractivity contribution is 5.69. The second-order valence-electron chi connectivity index (χ2n) is 8.07. The van der Waals surface area contributed by atoms with Crippen molar-refractivity contribution in [2.24, 2.45) is 5.92 Å². The SMILES string of the molecule is CCC(C)CC(CC)NCCCN(C(=O)OC(C)(C)C)C1CC1. The van der Waals surface area contributed by atoms with Gasteiger partial charge >= 0.3 is 6.09 Å². The van der Waals surface area contributed by atoms with Crippen molar-refractivity contribution in [3.8, 4) is 0 Å². The van der Waals surface area contributed by atoms with E-state index in [9.17, 15) is 4.79 Å². The first-order valence-corrected chi connectivity index (χ1v) is 9.49. The Morgan fingerprint density at radius 2 is 1.91 bits per heavy atom. The zero-order chi connectivity index (χ0) is 17.5. The fourth-order valence-electron chi connectivity index (χ4n) is 2.73. The normalized spacial score (nSPS) is 17.7. The minimum atomic E-state index is -0.411. The van der Waals surface area contributed by atoms with Crippen LogP contribution < -0.4 is 5.32 Å². The van der Waals surface area contributed by atoms with E-state index in [0.29, 0.717) is 12.1 Å². The van der Waals surface area contributed by atoms with E-state index in [-0.39, 0.29) is 6.09 Å². The molecule has 0 saturated heterocycles. The van der Waals surface area contributed by atoms with Gasteiger partial charge in [0.25, 0.3) is 0 Å². The molecule has 0 heterocycles. The number of carbonyl (C=O) groups is 1. The topological polar surface area (TPSA) is 41.6 Å². The Hall–Kier alpha value is -0.770. The summed E-state index contributed by atoms with van der Waals surface area (Å²) in [6, 6.07) is 1.01. The number of hydrogen-bond acceptors (Lipinski definition) is 3. The summed E-state index contributed by atoms with van der Waals surface area (Å²) in [6.07, 6.45) is 6.75. The Bertz CT molecular complexity index is 348. The van der Waals surface area contributed by atoms with Crippen LogP contribution in [-0.4, -0.2) is 41.8 Å². The predicted octanol–water partition coefficient (Wildman–Crippen LogP) is 4.58. The molecule has 0 radical (unpaired) electrons. The van der Waals surface area contributed by atoms with Crippen LogP contribution in [-0.2, 0) is 4.74 Å². The molecule has 2 unspecified atom stereocenters. The van der Waals surface area contributed by atoms with Gasteiger partial charge in [0.1, 0.15) is 5.60 Å². The van der Waals surface area contributed by atoms with Crippen LogP contribution in [0.15, 0.2) is 0 Å². The largest absolute Gasteiger partial charge is 0.444 e. The molecule has 1 saturated carbocycles. The maximum absolute atomic E-state index is 12.3. The van der Waals surface area contributed by atoms with Crippen molar-refractivity contribution in [2.45, 2.75) is 97.8 Å². The fraction of sp³-hybridized carbons (Fsp3) is 0.947. The van der Waals surface area contributed by atoms with Crippen LogP contribution in [0.5, 0.6) is 0 Å². The second-order valence-corrected chi connectivity index (χ2v) is 8.07. The van der Waals surface area contributed by atoms with Crippen LogP contribution in [0.4, 0.5) is 4.79 Å². The monoisotopic (exact) mass is 326 g/mol. The van der Waals surface area contributed by atoms with Gasteiger partial charge in [0.2, 0.25) is 0 Å². The molecule has 1 aliphatic rings. The average molecular weight is 327 g/mol. The quantitative estimate of drug-likeness (QED) is 0.597. The lowest BCUT2D eigenvalue weighted by Crippen LogP contribution is -2.40. The average Bonchev–Trinajstić information content (AvgIpc) is 3.28. The van der Waals surface area contributed by atoms with Crippen molar-refractivity contribution >= 4 is 6.09 Å². The van der Waals surface area contributed by atoms with E-state index >= 15 is 0 Å². The zero-order valence-electron chi connectivity index (χ0n) is 16.2. The van der Waals surface area contributed by atoms with Crippen molar-refractivity contribution in [2.75, 3.05) is 13.1 Å². The molecule has 0 aromatic heterocycles. The van der Waals surface area contributed by atoms with Gasteiger partial charge in [-0.25, -0.2) is 4.79 Å². The molecule has 0 aromatic carbocycles. The van der Waals surface area contributed by atoms with E-state index in [0.717, 1.165) is 38.3 Å². The number of amides is 1. The van der Waals surface area contributed by atoms with E-state index in [1.54, 1.807) is 0 Å². The highest BCUT2D eigenvalue weighted by Crippen LogP contribution is 2.28. The van der Waals surface area contributed by atoms with E-state index in [1.165, 1.54) is 19.3 Å². The first-order chi connectivity index (χ1) is 10.8. The molecule has 136 valence electrons. The Kier molecular flexibility index (Phi) is 8.38. The second kappa shape index (κ2) is 9.51. The molecule has 23 heavy (non-hydrogen) atoms. The minimum absolute atomic E-state index is 0.147. The summed E-state index contributed by atoms with van der Waals surface area (Å²) < 4.78 is 5.53. The molecular weight excluding hydrogens is 288 g/mol. The minimum Gasteiger partial charge on any atom is -0.444 e. The van der Waals surface area contributed by atoms with Gasteiger partial charge in [-0.1, -0.05) is 27.2 Å². The molecule has 4 heteroatoms. The lowest BCUT2D eigenvalue weighted by Gasteiger charge is -2.28. The number of carbonyl (C=O) groups excluding carboxylic acids is 1. The van der Waals surface area contributed by atoms with Crippen LogP contribution >= 0.6 is 0 Å². The summed E-state index contributed by atoms with van der Waals surface area (Å²) in [7, 11) is 0. The first kappa shape index (κ1) is 20.3. The number of ether oxygens (including phenoxy) is 1. The molecule has 2 atom stereocenters. The van der Waals surface area contributed by atoms with Crippen molar-refractivity contribution in [1.29, 1.82) is 0 Å². The van der Waals surface area contributed by atoms with E-state index in [1.807, 2.05) is 25.7 Å². The molecule has 0 aliphatic heterocycles. The van der Waals surface area contributed by atoms with Gasteiger partial charge in [-0.15, -0.1) is 0 Å². The fourth-order valence-corrected chi connectivity index (χ4v) is 2.73. The Morgan fingerprint density at radius 1 is 1.26 bits per heavy atom. The molecule has 1 fully saturated rings. The molecule has 0 aromatic rings. The van der Waals surface area contributed by atoms with Crippen LogP contribution in [0.2, 0.25) is 0 Å². The summed E-state index contributed by atoms with van der Waals surface area (Å²) in [4.78, 5) is 14.2. The number of nitrogens with one attached hydrogen (secondary N) is 1. The maximum atomic E-state index is 12.3. The van der Waals surface area contributed by atoms with Gasteiger partial charge in [0.05, 0.1) is 0 Å². The Balaban J connectivity index is 2.31. The van der Waals surface area contributed by atoms with Gasteiger partial charge in [-0.3, -0.25) is 0 Å². The molecule has 1 N–H and O–H groups in total.